The van der Waals surface area contributed by atoms with E-state index in [4.69, 9.17) is 23.9 Å². The number of halogens is 1. The number of methoxy groups -OCH3 is 1. The van der Waals surface area contributed by atoms with Crippen molar-refractivity contribution in [2.45, 2.75) is 26.3 Å². The molecule has 2 aromatic rings. The van der Waals surface area contributed by atoms with Crippen molar-refractivity contribution in [3.8, 4) is 17.2 Å². The molecule has 0 aliphatic carbocycles. The van der Waals surface area contributed by atoms with Crippen molar-refractivity contribution in [3.63, 3.8) is 0 Å². The van der Waals surface area contributed by atoms with E-state index in [0.717, 1.165) is 47.9 Å². The molecule has 1 aliphatic heterocycles. The summed E-state index contributed by atoms with van der Waals surface area (Å²) in [6.45, 7) is 6.01. The lowest BCUT2D eigenvalue weighted by atomic mass is 10.2. The fourth-order valence-electron chi connectivity index (χ4n) is 2.98. The molecule has 0 aromatic heterocycles. The van der Waals surface area contributed by atoms with Crippen molar-refractivity contribution in [2.75, 3.05) is 45.4 Å². The standard InChI is InChI=1S/C23H31N3O4.HI/c1-3-24-23(26-19-7-4-8-20(16-19)28-12-5-11-27-2)25-17-18-9-10-21-22(15-18)30-14-6-13-29-21;/h4,7-10,15-16H,3,5-6,11-14,17H2,1-2H3,(H2,24,25,26);1H. The van der Waals surface area contributed by atoms with Crippen LogP contribution < -0.4 is 24.8 Å². The molecule has 0 unspecified atom stereocenters. The summed E-state index contributed by atoms with van der Waals surface area (Å²) in [5.74, 6) is 3.11. The third kappa shape index (κ3) is 8.45. The predicted octanol–water partition coefficient (Wildman–Crippen LogP) is 4.46. The van der Waals surface area contributed by atoms with E-state index in [9.17, 15) is 0 Å². The Balaban J connectivity index is 0.00000341. The van der Waals surface area contributed by atoms with Crippen LogP contribution in [0.15, 0.2) is 47.5 Å². The van der Waals surface area contributed by atoms with Gasteiger partial charge in [0.15, 0.2) is 17.5 Å². The zero-order valence-corrected chi connectivity index (χ0v) is 20.5. The quantitative estimate of drug-likeness (QED) is 0.212. The number of hydrogen-bond donors (Lipinski definition) is 2. The second kappa shape index (κ2) is 14.0. The van der Waals surface area contributed by atoms with Gasteiger partial charge in [-0.2, -0.15) is 0 Å². The Hall–Kier alpha value is -2.20. The maximum Gasteiger partial charge on any atom is 0.196 e. The van der Waals surface area contributed by atoms with Gasteiger partial charge < -0.3 is 29.6 Å². The van der Waals surface area contributed by atoms with Gasteiger partial charge >= 0.3 is 0 Å². The van der Waals surface area contributed by atoms with Gasteiger partial charge in [0.05, 0.1) is 26.4 Å². The van der Waals surface area contributed by atoms with Gasteiger partial charge in [-0.3, -0.25) is 0 Å². The molecule has 0 atom stereocenters. The lowest BCUT2D eigenvalue weighted by Crippen LogP contribution is -2.30. The third-order valence-corrected chi connectivity index (χ3v) is 4.43. The van der Waals surface area contributed by atoms with Gasteiger partial charge in [-0.05, 0) is 36.8 Å². The molecule has 2 aromatic carbocycles. The zero-order valence-electron chi connectivity index (χ0n) is 18.2. The van der Waals surface area contributed by atoms with E-state index in [2.05, 4.69) is 10.6 Å². The molecule has 1 aliphatic rings. The molecule has 8 heteroatoms. The number of benzene rings is 2. The van der Waals surface area contributed by atoms with Gasteiger partial charge in [-0.25, -0.2) is 4.99 Å². The summed E-state index contributed by atoms with van der Waals surface area (Å²) in [4.78, 5) is 4.71. The Morgan fingerprint density at radius 3 is 2.71 bits per heavy atom. The number of fused-ring (bicyclic) bond motifs is 1. The SMILES string of the molecule is CCNC(=NCc1ccc2c(c1)OCCCO2)Nc1cccc(OCCCOC)c1.I. The Morgan fingerprint density at radius 2 is 1.90 bits per heavy atom. The summed E-state index contributed by atoms with van der Waals surface area (Å²) >= 11 is 0. The van der Waals surface area contributed by atoms with Crippen LogP contribution in [-0.2, 0) is 11.3 Å². The van der Waals surface area contributed by atoms with Crippen molar-refractivity contribution < 1.29 is 18.9 Å². The number of ether oxygens (including phenoxy) is 4. The van der Waals surface area contributed by atoms with Gasteiger partial charge in [0.2, 0.25) is 0 Å². The Bertz CT molecular complexity index is 832. The normalized spacial score (nSPS) is 13.0. The van der Waals surface area contributed by atoms with Crippen LogP contribution in [0.3, 0.4) is 0 Å². The van der Waals surface area contributed by atoms with Crippen molar-refractivity contribution in [1.82, 2.24) is 5.32 Å². The van der Waals surface area contributed by atoms with Crippen LogP contribution in [0.25, 0.3) is 0 Å². The first-order chi connectivity index (χ1) is 14.8. The van der Waals surface area contributed by atoms with E-state index >= 15 is 0 Å². The topological polar surface area (TPSA) is 73.3 Å². The van der Waals surface area contributed by atoms with Crippen LogP contribution in [0.2, 0.25) is 0 Å². The molecule has 0 fully saturated rings. The predicted molar refractivity (Wildman–Crippen MR) is 134 cm³/mol. The smallest absolute Gasteiger partial charge is 0.196 e. The minimum atomic E-state index is 0. The highest BCUT2D eigenvalue weighted by molar-refractivity contribution is 14.0. The fraction of sp³-hybridized carbons (Fsp3) is 0.435. The molecule has 3 rings (SSSR count). The molecule has 0 bridgehead atoms. The molecule has 0 saturated carbocycles. The number of anilines is 1. The first-order valence-corrected chi connectivity index (χ1v) is 10.4. The lowest BCUT2D eigenvalue weighted by Gasteiger charge is -2.13. The first-order valence-electron chi connectivity index (χ1n) is 10.4. The zero-order chi connectivity index (χ0) is 21.0. The first kappa shape index (κ1) is 25.1. The monoisotopic (exact) mass is 541 g/mol. The molecule has 0 radical (unpaired) electrons. The van der Waals surface area contributed by atoms with Crippen molar-refractivity contribution in [2.24, 2.45) is 4.99 Å². The fourth-order valence-corrected chi connectivity index (χ4v) is 2.98. The molecule has 0 amide bonds. The molecule has 170 valence electrons. The van der Waals surface area contributed by atoms with E-state index in [1.165, 1.54) is 0 Å². The summed E-state index contributed by atoms with van der Waals surface area (Å²) in [7, 11) is 1.69. The summed E-state index contributed by atoms with van der Waals surface area (Å²) in [6, 6.07) is 13.8. The van der Waals surface area contributed by atoms with E-state index < -0.39 is 0 Å². The number of hydrogen-bond acceptors (Lipinski definition) is 5. The Morgan fingerprint density at radius 1 is 1.06 bits per heavy atom. The van der Waals surface area contributed by atoms with Crippen molar-refractivity contribution in [3.05, 3.63) is 48.0 Å². The number of guanidine groups is 1. The van der Waals surface area contributed by atoms with Gasteiger partial charge in [0.25, 0.3) is 0 Å². The van der Waals surface area contributed by atoms with Crippen LogP contribution in [0, 0.1) is 0 Å². The second-order valence-electron chi connectivity index (χ2n) is 6.87. The highest BCUT2D eigenvalue weighted by Crippen LogP contribution is 2.30. The second-order valence-corrected chi connectivity index (χ2v) is 6.87. The number of rotatable bonds is 9. The maximum atomic E-state index is 5.78. The third-order valence-electron chi connectivity index (χ3n) is 4.43. The van der Waals surface area contributed by atoms with Gasteiger partial charge in [0.1, 0.15) is 5.75 Å². The molecular formula is C23H32IN3O4. The summed E-state index contributed by atoms with van der Waals surface area (Å²) < 4.78 is 22.3. The van der Waals surface area contributed by atoms with Gasteiger partial charge in [0, 0.05) is 44.9 Å². The minimum Gasteiger partial charge on any atom is -0.493 e. The van der Waals surface area contributed by atoms with Crippen LogP contribution in [-0.4, -0.2) is 46.0 Å². The largest absolute Gasteiger partial charge is 0.493 e. The van der Waals surface area contributed by atoms with E-state index in [1.54, 1.807) is 7.11 Å². The molecule has 0 spiro atoms. The van der Waals surface area contributed by atoms with Crippen molar-refractivity contribution in [1.29, 1.82) is 0 Å². The molecule has 0 saturated heterocycles. The summed E-state index contributed by atoms with van der Waals surface area (Å²) in [5.41, 5.74) is 1.98. The average molecular weight is 541 g/mol. The van der Waals surface area contributed by atoms with E-state index in [-0.39, 0.29) is 24.0 Å². The number of nitrogens with zero attached hydrogens (tertiary/aromatic N) is 1. The van der Waals surface area contributed by atoms with Crippen LogP contribution in [0.1, 0.15) is 25.3 Å². The molecular weight excluding hydrogens is 509 g/mol. The molecule has 7 nitrogen and oxygen atoms in total. The summed E-state index contributed by atoms with van der Waals surface area (Å²) in [5, 5.41) is 6.62. The number of aliphatic imine (C=N–C) groups is 1. The lowest BCUT2D eigenvalue weighted by molar-refractivity contribution is 0.172. The average Bonchev–Trinajstić information content (AvgIpc) is 3.00. The number of nitrogens with one attached hydrogen (secondary N) is 2. The summed E-state index contributed by atoms with van der Waals surface area (Å²) in [6.07, 6.45) is 1.75. The van der Waals surface area contributed by atoms with E-state index in [0.29, 0.717) is 38.9 Å². The van der Waals surface area contributed by atoms with Crippen LogP contribution in [0.4, 0.5) is 5.69 Å². The highest BCUT2D eigenvalue weighted by atomic mass is 127. The Labute approximate surface area is 201 Å². The highest BCUT2D eigenvalue weighted by Gasteiger charge is 2.10. The van der Waals surface area contributed by atoms with Crippen LogP contribution in [0.5, 0.6) is 17.2 Å². The van der Waals surface area contributed by atoms with Crippen molar-refractivity contribution >= 4 is 35.6 Å². The van der Waals surface area contributed by atoms with Crippen LogP contribution >= 0.6 is 24.0 Å². The minimum absolute atomic E-state index is 0. The van der Waals surface area contributed by atoms with Gasteiger partial charge in [-0.15, -0.1) is 24.0 Å². The maximum absolute atomic E-state index is 5.78. The molecule has 1 heterocycles. The van der Waals surface area contributed by atoms with Gasteiger partial charge in [-0.1, -0.05) is 12.1 Å². The molecule has 2 N–H and O–H groups in total. The van der Waals surface area contributed by atoms with E-state index in [1.807, 2.05) is 49.4 Å². The molecule has 31 heavy (non-hydrogen) atoms. The Kier molecular flexibility index (Phi) is 11.3.